The average Bonchev–Trinajstić information content (AvgIpc) is 3.24. The molecule has 2 N–H and O–H groups in total. The van der Waals surface area contributed by atoms with Crippen LogP contribution in [0, 0.1) is 0 Å². The lowest BCUT2D eigenvalue weighted by molar-refractivity contribution is 0.0468. The van der Waals surface area contributed by atoms with E-state index in [1.54, 1.807) is 36.5 Å². The van der Waals surface area contributed by atoms with Crippen LogP contribution in [0.1, 0.15) is 21.0 Å². The zero-order valence-corrected chi connectivity index (χ0v) is 13.5. The number of ketones is 1. The molecule has 0 radical (unpaired) electrons. The SMILES string of the molecule is O=C(OCC(=O)c1cc2cc(Cl)ccc2[nH]1)c1cc2cn[nH]c2cn1. The maximum atomic E-state index is 12.2. The summed E-state index contributed by atoms with van der Waals surface area (Å²) in [5, 5.41) is 8.73. The van der Waals surface area contributed by atoms with Crippen molar-refractivity contribution in [2.75, 3.05) is 6.61 Å². The number of pyridine rings is 1. The molecule has 3 heterocycles. The highest BCUT2D eigenvalue weighted by atomic mass is 35.5. The number of nitrogens with one attached hydrogen (secondary N) is 2. The van der Waals surface area contributed by atoms with Gasteiger partial charge < -0.3 is 9.72 Å². The maximum absolute atomic E-state index is 12.2. The third-order valence-corrected chi connectivity index (χ3v) is 3.99. The number of aromatic amines is 2. The fourth-order valence-electron chi connectivity index (χ4n) is 2.49. The Bertz CT molecular complexity index is 1120. The van der Waals surface area contributed by atoms with Gasteiger partial charge in [0.2, 0.25) is 5.78 Å². The number of nitrogens with zero attached hydrogens (tertiary/aromatic N) is 2. The summed E-state index contributed by atoms with van der Waals surface area (Å²) in [5.74, 6) is -1.01. The van der Waals surface area contributed by atoms with Crippen LogP contribution in [0.25, 0.3) is 21.8 Å². The van der Waals surface area contributed by atoms with Crippen LogP contribution in [0.4, 0.5) is 0 Å². The zero-order chi connectivity index (χ0) is 17.4. The monoisotopic (exact) mass is 354 g/mol. The second-order valence-corrected chi connectivity index (χ2v) is 5.88. The number of Topliss-reactive ketones (excluding diaryl/α,β-unsaturated/α-hetero) is 1. The number of esters is 1. The lowest BCUT2D eigenvalue weighted by Crippen LogP contribution is -2.15. The van der Waals surface area contributed by atoms with Crippen LogP contribution < -0.4 is 0 Å². The minimum absolute atomic E-state index is 0.116. The van der Waals surface area contributed by atoms with E-state index in [-0.39, 0.29) is 18.1 Å². The summed E-state index contributed by atoms with van der Waals surface area (Å²) in [6, 6.07) is 8.49. The minimum atomic E-state index is -0.671. The lowest BCUT2D eigenvalue weighted by Gasteiger charge is -2.02. The molecule has 3 aromatic heterocycles. The fourth-order valence-corrected chi connectivity index (χ4v) is 2.67. The first-order valence-corrected chi connectivity index (χ1v) is 7.76. The average molecular weight is 355 g/mol. The predicted molar refractivity (Wildman–Crippen MR) is 91.8 cm³/mol. The number of fused-ring (bicyclic) bond motifs is 2. The lowest BCUT2D eigenvalue weighted by atomic mass is 10.2. The highest BCUT2D eigenvalue weighted by molar-refractivity contribution is 6.31. The Morgan fingerprint density at radius 2 is 1.96 bits per heavy atom. The molecule has 0 atom stereocenters. The van der Waals surface area contributed by atoms with Crippen LogP contribution in [0.3, 0.4) is 0 Å². The minimum Gasteiger partial charge on any atom is -0.452 e. The molecule has 8 heteroatoms. The highest BCUT2D eigenvalue weighted by Gasteiger charge is 2.15. The van der Waals surface area contributed by atoms with Gasteiger partial charge >= 0.3 is 5.97 Å². The smallest absolute Gasteiger partial charge is 0.357 e. The first-order valence-electron chi connectivity index (χ1n) is 7.38. The van der Waals surface area contributed by atoms with E-state index < -0.39 is 5.97 Å². The van der Waals surface area contributed by atoms with Gasteiger partial charge in [-0.1, -0.05) is 11.6 Å². The topological polar surface area (TPSA) is 101 Å². The van der Waals surface area contributed by atoms with Gasteiger partial charge in [0.1, 0.15) is 5.69 Å². The molecule has 0 amide bonds. The van der Waals surface area contributed by atoms with Gasteiger partial charge in [0.25, 0.3) is 0 Å². The van der Waals surface area contributed by atoms with E-state index in [9.17, 15) is 9.59 Å². The molecule has 4 rings (SSSR count). The van der Waals surface area contributed by atoms with Crippen molar-refractivity contribution in [3.8, 4) is 0 Å². The molecule has 0 aliphatic rings. The van der Waals surface area contributed by atoms with Crippen molar-refractivity contribution >= 4 is 45.2 Å². The number of carbonyl (C=O) groups is 2. The number of ether oxygens (including phenoxy) is 1. The van der Waals surface area contributed by atoms with Crippen molar-refractivity contribution in [1.82, 2.24) is 20.2 Å². The van der Waals surface area contributed by atoms with Crippen LogP contribution in [0.15, 0.2) is 42.7 Å². The molecule has 0 aliphatic heterocycles. The van der Waals surface area contributed by atoms with E-state index in [2.05, 4.69) is 20.2 Å². The van der Waals surface area contributed by atoms with E-state index in [4.69, 9.17) is 16.3 Å². The number of aromatic nitrogens is 4. The standard InChI is InChI=1S/C17H11ClN4O3/c18-11-1-2-12-9(3-11)4-13(21-12)16(23)8-25-17(24)14-5-10-6-20-22-15(10)7-19-14/h1-7,21H,8H2,(H,20,22). The summed E-state index contributed by atoms with van der Waals surface area (Å²) in [7, 11) is 0. The van der Waals surface area contributed by atoms with Gasteiger partial charge in [-0.05, 0) is 30.3 Å². The number of H-pyrrole nitrogens is 2. The van der Waals surface area contributed by atoms with Crippen molar-refractivity contribution in [2.45, 2.75) is 0 Å². The van der Waals surface area contributed by atoms with E-state index >= 15 is 0 Å². The van der Waals surface area contributed by atoms with Gasteiger partial charge in [-0.2, -0.15) is 5.10 Å². The summed E-state index contributed by atoms with van der Waals surface area (Å²) in [4.78, 5) is 31.3. The number of carbonyl (C=O) groups excluding carboxylic acids is 2. The van der Waals surface area contributed by atoms with Gasteiger partial charge in [-0.15, -0.1) is 0 Å². The summed E-state index contributed by atoms with van der Waals surface area (Å²) in [6.07, 6.45) is 3.07. The second kappa shape index (κ2) is 6.03. The number of benzene rings is 1. The molecule has 7 nitrogen and oxygen atoms in total. The van der Waals surface area contributed by atoms with E-state index in [0.717, 1.165) is 16.3 Å². The van der Waals surface area contributed by atoms with Crippen molar-refractivity contribution in [3.63, 3.8) is 0 Å². The molecule has 0 aliphatic carbocycles. The van der Waals surface area contributed by atoms with Gasteiger partial charge in [-0.25, -0.2) is 9.78 Å². The number of halogens is 1. The first-order chi connectivity index (χ1) is 12.1. The Hall–Kier alpha value is -3.19. The molecule has 0 saturated heterocycles. The molecular weight excluding hydrogens is 344 g/mol. The summed E-state index contributed by atoms with van der Waals surface area (Å²) in [6.45, 7) is -0.384. The molecule has 1 aromatic carbocycles. The maximum Gasteiger partial charge on any atom is 0.357 e. The molecule has 124 valence electrons. The van der Waals surface area contributed by atoms with Gasteiger partial charge in [0.15, 0.2) is 6.61 Å². The normalized spacial score (nSPS) is 11.1. The van der Waals surface area contributed by atoms with Crippen LogP contribution >= 0.6 is 11.6 Å². The Morgan fingerprint density at radius 3 is 2.84 bits per heavy atom. The predicted octanol–water partition coefficient (Wildman–Crippen LogP) is 3.13. The fraction of sp³-hybridized carbons (Fsp3) is 0.0588. The molecule has 0 saturated carbocycles. The number of rotatable bonds is 4. The van der Waals surface area contributed by atoms with Gasteiger partial charge in [0.05, 0.1) is 23.6 Å². The molecule has 0 spiro atoms. The third-order valence-electron chi connectivity index (χ3n) is 3.75. The van der Waals surface area contributed by atoms with E-state index in [0.29, 0.717) is 16.2 Å². The second-order valence-electron chi connectivity index (χ2n) is 5.44. The Labute approximate surface area is 146 Å². The Kier molecular flexibility index (Phi) is 3.70. The largest absolute Gasteiger partial charge is 0.452 e. The van der Waals surface area contributed by atoms with Crippen LogP contribution in [-0.4, -0.2) is 38.5 Å². The van der Waals surface area contributed by atoms with Crippen LogP contribution in [0.2, 0.25) is 5.02 Å². The first kappa shape index (κ1) is 15.3. The van der Waals surface area contributed by atoms with Crippen molar-refractivity contribution in [3.05, 3.63) is 59.1 Å². The van der Waals surface area contributed by atoms with Crippen LogP contribution in [0.5, 0.6) is 0 Å². The molecular formula is C17H11ClN4O3. The molecule has 0 unspecified atom stereocenters. The number of hydrogen-bond acceptors (Lipinski definition) is 5. The molecule has 0 fully saturated rings. The number of hydrogen-bond donors (Lipinski definition) is 2. The summed E-state index contributed by atoms with van der Waals surface area (Å²) < 4.78 is 5.06. The van der Waals surface area contributed by atoms with Gasteiger partial charge in [0, 0.05) is 21.3 Å². The Morgan fingerprint density at radius 1 is 1.08 bits per heavy atom. The van der Waals surface area contributed by atoms with E-state index in [1.807, 2.05) is 0 Å². The van der Waals surface area contributed by atoms with Crippen molar-refractivity contribution < 1.29 is 14.3 Å². The summed E-state index contributed by atoms with van der Waals surface area (Å²) >= 11 is 5.93. The highest BCUT2D eigenvalue weighted by Crippen LogP contribution is 2.20. The molecule has 0 bridgehead atoms. The van der Waals surface area contributed by atoms with Crippen LogP contribution in [-0.2, 0) is 4.74 Å². The Balaban J connectivity index is 1.47. The molecule has 25 heavy (non-hydrogen) atoms. The zero-order valence-electron chi connectivity index (χ0n) is 12.7. The van der Waals surface area contributed by atoms with Gasteiger partial charge in [-0.3, -0.25) is 9.89 Å². The van der Waals surface area contributed by atoms with Crippen molar-refractivity contribution in [2.24, 2.45) is 0 Å². The summed E-state index contributed by atoms with van der Waals surface area (Å²) in [5.41, 5.74) is 1.96. The third kappa shape index (κ3) is 2.97. The quantitative estimate of drug-likeness (QED) is 0.433. The van der Waals surface area contributed by atoms with Crippen molar-refractivity contribution in [1.29, 1.82) is 0 Å². The van der Waals surface area contributed by atoms with E-state index in [1.165, 1.54) is 6.20 Å². The molecule has 4 aromatic rings.